The Morgan fingerprint density at radius 3 is 2.42 bits per heavy atom. The number of allylic oxidation sites excluding steroid dienone is 1. The molecule has 0 spiro atoms. The average molecular weight is 287 g/mol. The summed E-state index contributed by atoms with van der Waals surface area (Å²) < 4.78 is 25.7. The molecule has 0 bridgehead atoms. The smallest absolute Gasteiger partial charge is 0.214 e. The first-order valence-corrected chi connectivity index (χ1v) is 8.40. The number of hydrogen-bond acceptors (Lipinski definition) is 4. The van der Waals surface area contributed by atoms with Crippen molar-refractivity contribution in [3.05, 3.63) is 11.8 Å². The molecule has 1 heterocycles. The zero-order chi connectivity index (χ0) is 14.6. The fourth-order valence-corrected chi connectivity index (χ4v) is 3.58. The van der Waals surface area contributed by atoms with Gasteiger partial charge in [-0.1, -0.05) is 6.92 Å². The summed E-state index contributed by atoms with van der Waals surface area (Å²) in [5.41, 5.74) is 1.48. The third kappa shape index (κ3) is 4.04. The number of nitrogens with zero attached hydrogens (tertiary/aromatic N) is 2. The van der Waals surface area contributed by atoms with Crippen LogP contribution in [0.2, 0.25) is 0 Å². The lowest BCUT2D eigenvalue weighted by Gasteiger charge is -2.40. The quantitative estimate of drug-likeness (QED) is 0.782. The van der Waals surface area contributed by atoms with Crippen LogP contribution >= 0.6 is 0 Å². The van der Waals surface area contributed by atoms with Crippen molar-refractivity contribution in [2.75, 3.05) is 25.4 Å². The molecule has 1 saturated heterocycles. The molecule has 0 aliphatic carbocycles. The molecule has 1 fully saturated rings. The van der Waals surface area contributed by atoms with Crippen LogP contribution in [0.5, 0.6) is 0 Å². The SMILES string of the molecule is CC[C@@H]1CN(/C=C(\C)C(C)=N)CCN1S(=O)(=O)CC. The van der Waals surface area contributed by atoms with Crippen LogP contribution in [0, 0.1) is 5.41 Å². The maximum absolute atomic E-state index is 12.0. The van der Waals surface area contributed by atoms with Crippen LogP contribution in [0.25, 0.3) is 0 Å². The van der Waals surface area contributed by atoms with Gasteiger partial charge < -0.3 is 10.3 Å². The van der Waals surface area contributed by atoms with Gasteiger partial charge in [-0.3, -0.25) is 0 Å². The van der Waals surface area contributed by atoms with E-state index in [0.717, 1.165) is 12.0 Å². The Hall–Kier alpha value is -0.880. The first kappa shape index (κ1) is 16.2. The van der Waals surface area contributed by atoms with E-state index in [0.29, 0.717) is 25.3 Å². The van der Waals surface area contributed by atoms with Crippen molar-refractivity contribution in [2.45, 2.75) is 40.2 Å². The van der Waals surface area contributed by atoms with Gasteiger partial charge in [-0.15, -0.1) is 0 Å². The molecule has 110 valence electrons. The molecule has 1 aliphatic heterocycles. The fourth-order valence-electron chi connectivity index (χ4n) is 2.22. The minimum Gasteiger partial charge on any atom is -0.374 e. The van der Waals surface area contributed by atoms with E-state index < -0.39 is 10.0 Å². The monoisotopic (exact) mass is 287 g/mol. The molecule has 0 radical (unpaired) electrons. The zero-order valence-electron chi connectivity index (χ0n) is 12.3. The van der Waals surface area contributed by atoms with Gasteiger partial charge in [-0.2, -0.15) is 4.31 Å². The van der Waals surface area contributed by atoms with E-state index in [1.165, 1.54) is 0 Å². The third-order valence-electron chi connectivity index (χ3n) is 3.62. The Labute approximate surface area is 116 Å². The molecule has 6 heteroatoms. The summed E-state index contributed by atoms with van der Waals surface area (Å²) in [6, 6.07) is 0.0359. The van der Waals surface area contributed by atoms with E-state index in [-0.39, 0.29) is 11.8 Å². The first-order valence-electron chi connectivity index (χ1n) is 6.79. The number of rotatable bonds is 5. The summed E-state index contributed by atoms with van der Waals surface area (Å²) >= 11 is 0. The highest BCUT2D eigenvalue weighted by Crippen LogP contribution is 2.18. The lowest BCUT2D eigenvalue weighted by Crippen LogP contribution is -2.53. The molecule has 1 aliphatic rings. The lowest BCUT2D eigenvalue weighted by molar-refractivity contribution is 0.173. The maximum atomic E-state index is 12.0. The minimum atomic E-state index is -3.11. The number of piperazine rings is 1. The Bertz CT molecular complexity index is 457. The Morgan fingerprint density at radius 1 is 1.32 bits per heavy atom. The first-order chi connectivity index (χ1) is 8.81. The van der Waals surface area contributed by atoms with E-state index in [2.05, 4.69) is 4.90 Å². The molecule has 19 heavy (non-hydrogen) atoms. The molecule has 0 aromatic rings. The van der Waals surface area contributed by atoms with Gasteiger partial charge in [-0.05, 0) is 32.8 Å². The van der Waals surface area contributed by atoms with E-state index in [1.807, 2.05) is 20.0 Å². The summed E-state index contributed by atoms with van der Waals surface area (Å²) in [4.78, 5) is 2.13. The maximum Gasteiger partial charge on any atom is 0.214 e. The summed E-state index contributed by atoms with van der Waals surface area (Å²) in [5.74, 6) is 0.165. The van der Waals surface area contributed by atoms with Gasteiger partial charge in [0, 0.05) is 37.6 Å². The van der Waals surface area contributed by atoms with Gasteiger partial charge in [0.1, 0.15) is 0 Å². The van der Waals surface area contributed by atoms with Crippen LogP contribution in [0.3, 0.4) is 0 Å². The molecule has 1 N–H and O–H groups in total. The van der Waals surface area contributed by atoms with E-state index in [4.69, 9.17) is 5.41 Å². The van der Waals surface area contributed by atoms with Gasteiger partial charge in [0.25, 0.3) is 0 Å². The van der Waals surface area contributed by atoms with Crippen LogP contribution in [-0.2, 0) is 10.0 Å². The second-order valence-corrected chi connectivity index (χ2v) is 7.22. The largest absolute Gasteiger partial charge is 0.374 e. The minimum absolute atomic E-state index is 0.0359. The van der Waals surface area contributed by atoms with Crippen molar-refractivity contribution >= 4 is 15.7 Å². The highest BCUT2D eigenvalue weighted by Gasteiger charge is 2.32. The highest BCUT2D eigenvalue weighted by atomic mass is 32.2. The van der Waals surface area contributed by atoms with Crippen molar-refractivity contribution in [1.29, 1.82) is 5.41 Å². The second-order valence-electron chi connectivity index (χ2n) is 5.01. The van der Waals surface area contributed by atoms with Crippen LogP contribution in [-0.4, -0.2) is 54.8 Å². The van der Waals surface area contributed by atoms with Gasteiger partial charge >= 0.3 is 0 Å². The average Bonchev–Trinajstić information content (AvgIpc) is 2.38. The second kappa shape index (κ2) is 6.52. The molecule has 1 rings (SSSR count). The summed E-state index contributed by atoms with van der Waals surface area (Å²) in [6.45, 7) is 9.33. The van der Waals surface area contributed by atoms with E-state index >= 15 is 0 Å². The fraction of sp³-hybridized carbons (Fsp3) is 0.769. The van der Waals surface area contributed by atoms with E-state index in [9.17, 15) is 8.42 Å². The molecule has 0 unspecified atom stereocenters. The Kier molecular flexibility index (Phi) is 5.55. The van der Waals surface area contributed by atoms with Crippen LogP contribution in [0.4, 0.5) is 0 Å². The predicted molar refractivity (Wildman–Crippen MR) is 79.0 cm³/mol. The Morgan fingerprint density at radius 2 is 1.95 bits per heavy atom. The molecule has 0 aromatic heterocycles. The standard InChI is InChI=1S/C13H25N3O2S/c1-5-13-10-15(9-11(3)12(4)14)7-8-16(13)19(17,18)6-2/h9,13-14H,5-8,10H2,1-4H3/b11-9+,14-12?/t13-/m1/s1. The van der Waals surface area contributed by atoms with Crippen molar-refractivity contribution in [2.24, 2.45) is 0 Å². The van der Waals surface area contributed by atoms with Crippen LogP contribution in [0.15, 0.2) is 11.8 Å². The van der Waals surface area contributed by atoms with Gasteiger partial charge in [0.05, 0.1) is 5.75 Å². The zero-order valence-corrected chi connectivity index (χ0v) is 13.1. The summed E-state index contributed by atoms with van der Waals surface area (Å²) in [6.07, 6.45) is 2.78. The molecule has 1 atom stereocenters. The molecule has 5 nitrogen and oxygen atoms in total. The predicted octanol–water partition coefficient (Wildman–Crippen LogP) is 1.68. The highest BCUT2D eigenvalue weighted by molar-refractivity contribution is 7.89. The van der Waals surface area contributed by atoms with Gasteiger partial charge in [0.15, 0.2) is 0 Å². The molecule has 0 amide bonds. The normalized spacial score (nSPS) is 22.6. The number of hydrogen-bond donors (Lipinski definition) is 1. The number of sulfonamides is 1. The molecular weight excluding hydrogens is 262 g/mol. The Balaban J connectivity index is 2.82. The van der Waals surface area contributed by atoms with Crippen molar-refractivity contribution in [1.82, 2.24) is 9.21 Å². The third-order valence-corrected chi connectivity index (χ3v) is 5.55. The number of nitrogens with one attached hydrogen (secondary N) is 1. The van der Waals surface area contributed by atoms with Crippen molar-refractivity contribution < 1.29 is 8.42 Å². The summed E-state index contributed by atoms with van der Waals surface area (Å²) in [5, 5.41) is 7.58. The van der Waals surface area contributed by atoms with Crippen molar-refractivity contribution in [3.63, 3.8) is 0 Å². The molecule has 0 saturated carbocycles. The molecule has 0 aromatic carbocycles. The molecular formula is C13H25N3O2S. The lowest BCUT2D eigenvalue weighted by atomic mass is 10.1. The van der Waals surface area contributed by atoms with Crippen LogP contribution < -0.4 is 0 Å². The van der Waals surface area contributed by atoms with Crippen LogP contribution in [0.1, 0.15) is 34.1 Å². The van der Waals surface area contributed by atoms with Crippen molar-refractivity contribution in [3.8, 4) is 0 Å². The summed E-state index contributed by atoms with van der Waals surface area (Å²) in [7, 11) is -3.11. The van der Waals surface area contributed by atoms with Gasteiger partial charge in [0.2, 0.25) is 10.0 Å². The van der Waals surface area contributed by atoms with Gasteiger partial charge in [-0.25, -0.2) is 8.42 Å². The topological polar surface area (TPSA) is 64.5 Å². The van der Waals surface area contributed by atoms with E-state index in [1.54, 1.807) is 18.2 Å².